The molecule has 2 N–H and O–H groups in total. The molecule has 0 aliphatic carbocycles. The molecule has 0 unspecified atom stereocenters. The van der Waals surface area contributed by atoms with E-state index in [1.165, 1.54) is 11.3 Å². The quantitative estimate of drug-likeness (QED) is 0.271. The Kier molecular flexibility index (Phi) is 4.81. The Balaban J connectivity index is 1.76. The van der Waals surface area contributed by atoms with E-state index < -0.39 is 39.8 Å². The molecule has 9 nitrogen and oxygen atoms in total. The maximum absolute atomic E-state index is 13.6. The third-order valence-electron chi connectivity index (χ3n) is 4.16. The van der Waals surface area contributed by atoms with Crippen LogP contribution in [0, 0.1) is 10.1 Å². The number of aromatic hydroxyl groups is 1. The van der Waals surface area contributed by atoms with Crippen molar-refractivity contribution in [3.05, 3.63) is 69.3 Å². The SMILES string of the molecule is O=C(Nc1cc([N+](=O)[O-])ccc1O)c1cc2nc(-c3cccs3)cc(C(F)(F)F)n2n1. The summed E-state index contributed by atoms with van der Waals surface area (Å²) in [5.74, 6) is -1.44. The molecule has 4 rings (SSSR count). The van der Waals surface area contributed by atoms with Crippen LogP contribution in [-0.2, 0) is 6.18 Å². The van der Waals surface area contributed by atoms with Crippen molar-refractivity contribution in [2.45, 2.75) is 6.18 Å². The Morgan fingerprint density at radius 2 is 2.00 bits per heavy atom. The molecule has 0 saturated carbocycles. The van der Waals surface area contributed by atoms with Gasteiger partial charge in [-0.1, -0.05) is 6.07 Å². The first kappa shape index (κ1) is 20.3. The van der Waals surface area contributed by atoms with Gasteiger partial charge >= 0.3 is 6.18 Å². The number of nitrogens with zero attached hydrogens (tertiary/aromatic N) is 4. The summed E-state index contributed by atoms with van der Waals surface area (Å²) in [4.78, 5) is 27.3. The highest BCUT2D eigenvalue weighted by atomic mass is 32.1. The van der Waals surface area contributed by atoms with Crippen molar-refractivity contribution >= 4 is 34.3 Å². The normalized spacial score (nSPS) is 11.6. The number of carbonyl (C=O) groups excluding carboxylic acids is 1. The number of phenolic OH excluding ortho intramolecular Hbond substituents is 1. The van der Waals surface area contributed by atoms with Crippen LogP contribution in [-0.4, -0.2) is 30.5 Å². The number of thiophene rings is 1. The Labute approximate surface area is 174 Å². The first-order valence-corrected chi connectivity index (χ1v) is 9.32. The molecule has 13 heteroatoms. The number of anilines is 1. The zero-order chi connectivity index (χ0) is 22.3. The van der Waals surface area contributed by atoms with Crippen LogP contribution in [0.15, 0.2) is 47.8 Å². The van der Waals surface area contributed by atoms with Crippen LogP contribution in [0.25, 0.3) is 16.2 Å². The number of non-ortho nitro benzene ring substituents is 1. The van der Waals surface area contributed by atoms with Crippen molar-refractivity contribution in [3.63, 3.8) is 0 Å². The highest BCUT2D eigenvalue weighted by Gasteiger charge is 2.35. The smallest absolute Gasteiger partial charge is 0.433 e. The predicted octanol–water partition coefficient (Wildman–Crippen LogP) is 4.34. The van der Waals surface area contributed by atoms with Gasteiger partial charge in [-0.05, 0) is 23.6 Å². The summed E-state index contributed by atoms with van der Waals surface area (Å²) in [5, 5.41) is 28.3. The monoisotopic (exact) mass is 449 g/mol. The third-order valence-corrected chi connectivity index (χ3v) is 5.06. The Morgan fingerprint density at radius 1 is 1.23 bits per heavy atom. The molecule has 1 aromatic carbocycles. The maximum Gasteiger partial charge on any atom is 0.433 e. The molecule has 0 bridgehead atoms. The second-order valence-electron chi connectivity index (χ2n) is 6.21. The molecular formula is C18H10F3N5O4S. The summed E-state index contributed by atoms with van der Waals surface area (Å²) < 4.78 is 41.3. The molecule has 3 aromatic heterocycles. The summed E-state index contributed by atoms with van der Waals surface area (Å²) >= 11 is 1.20. The van der Waals surface area contributed by atoms with E-state index in [0.717, 1.165) is 30.3 Å². The van der Waals surface area contributed by atoms with E-state index in [9.17, 15) is 33.2 Å². The lowest BCUT2D eigenvalue weighted by Crippen LogP contribution is -2.15. The zero-order valence-corrected chi connectivity index (χ0v) is 15.9. The topological polar surface area (TPSA) is 123 Å². The molecule has 3 heterocycles. The molecule has 0 saturated heterocycles. The van der Waals surface area contributed by atoms with Crippen molar-refractivity contribution in [2.24, 2.45) is 0 Å². The number of halogens is 3. The number of benzene rings is 1. The minimum atomic E-state index is -4.77. The van der Waals surface area contributed by atoms with Gasteiger partial charge in [0, 0.05) is 18.2 Å². The van der Waals surface area contributed by atoms with Crippen molar-refractivity contribution in [2.75, 3.05) is 5.32 Å². The van der Waals surface area contributed by atoms with Crippen molar-refractivity contribution in [1.82, 2.24) is 14.6 Å². The van der Waals surface area contributed by atoms with Gasteiger partial charge in [-0.3, -0.25) is 14.9 Å². The molecule has 0 spiro atoms. The molecule has 1 amide bonds. The van der Waals surface area contributed by atoms with Crippen molar-refractivity contribution in [1.29, 1.82) is 0 Å². The van der Waals surface area contributed by atoms with E-state index in [-0.39, 0.29) is 17.0 Å². The van der Waals surface area contributed by atoms with Crippen LogP contribution in [0.5, 0.6) is 5.75 Å². The standard InChI is InChI=1S/C18H10F3N5O4S/c19-18(20,21)15-7-11(14-2-1-5-31-14)22-16-8-12(24-25(15)16)17(28)23-10-6-9(26(29)30)3-4-13(10)27/h1-8,27H,(H,23,28). The fourth-order valence-electron chi connectivity index (χ4n) is 2.76. The van der Waals surface area contributed by atoms with E-state index in [4.69, 9.17) is 0 Å². The fourth-order valence-corrected chi connectivity index (χ4v) is 3.45. The molecule has 0 radical (unpaired) electrons. The number of fused-ring (bicyclic) bond motifs is 1. The number of nitro benzene ring substituents is 1. The van der Waals surface area contributed by atoms with Gasteiger partial charge in [0.25, 0.3) is 11.6 Å². The number of nitrogens with one attached hydrogen (secondary N) is 1. The highest BCUT2D eigenvalue weighted by Crippen LogP contribution is 2.34. The Bertz CT molecular complexity index is 1320. The number of phenols is 1. The molecule has 0 aliphatic heterocycles. The third kappa shape index (κ3) is 3.90. The van der Waals surface area contributed by atoms with E-state index in [1.807, 2.05) is 0 Å². The molecule has 0 aliphatic rings. The molecule has 31 heavy (non-hydrogen) atoms. The van der Waals surface area contributed by atoms with Gasteiger partial charge in [0.2, 0.25) is 0 Å². The number of amides is 1. The molecule has 4 aromatic rings. The van der Waals surface area contributed by atoms with Crippen molar-refractivity contribution in [3.8, 4) is 16.3 Å². The number of nitro groups is 1. The van der Waals surface area contributed by atoms with Gasteiger partial charge in [0.1, 0.15) is 5.75 Å². The molecule has 0 fully saturated rings. The summed E-state index contributed by atoms with van der Waals surface area (Å²) in [7, 11) is 0. The average molecular weight is 449 g/mol. The Hall–Kier alpha value is -4.00. The molecule has 0 atom stereocenters. The van der Waals surface area contributed by atoms with E-state index in [1.54, 1.807) is 17.5 Å². The number of aromatic nitrogens is 3. The zero-order valence-electron chi connectivity index (χ0n) is 15.1. The first-order chi connectivity index (χ1) is 14.6. The fraction of sp³-hybridized carbons (Fsp3) is 0.0556. The maximum atomic E-state index is 13.6. The van der Waals surface area contributed by atoms with Crippen LogP contribution in [0.2, 0.25) is 0 Å². The van der Waals surface area contributed by atoms with Gasteiger partial charge in [-0.2, -0.15) is 18.3 Å². The van der Waals surface area contributed by atoms with Crippen LogP contribution < -0.4 is 5.32 Å². The van der Waals surface area contributed by atoms with Gasteiger partial charge in [-0.15, -0.1) is 11.3 Å². The second-order valence-corrected chi connectivity index (χ2v) is 7.16. The van der Waals surface area contributed by atoms with E-state index in [2.05, 4.69) is 15.4 Å². The average Bonchev–Trinajstić information content (AvgIpc) is 3.37. The summed E-state index contributed by atoms with van der Waals surface area (Å²) in [6, 6.07) is 8.11. The number of carbonyl (C=O) groups is 1. The lowest BCUT2D eigenvalue weighted by atomic mass is 10.2. The summed E-state index contributed by atoms with van der Waals surface area (Å²) in [5.41, 5.74) is -2.39. The largest absolute Gasteiger partial charge is 0.506 e. The van der Waals surface area contributed by atoms with Gasteiger partial charge < -0.3 is 10.4 Å². The second kappa shape index (κ2) is 7.36. The summed E-state index contributed by atoms with van der Waals surface area (Å²) in [6.45, 7) is 0. The predicted molar refractivity (Wildman–Crippen MR) is 104 cm³/mol. The number of hydrogen-bond donors (Lipinski definition) is 2. The van der Waals surface area contributed by atoms with E-state index >= 15 is 0 Å². The Morgan fingerprint density at radius 3 is 2.65 bits per heavy atom. The molecule has 158 valence electrons. The lowest BCUT2D eigenvalue weighted by Gasteiger charge is -2.10. The lowest BCUT2D eigenvalue weighted by molar-refractivity contribution is -0.384. The van der Waals surface area contributed by atoms with Crippen molar-refractivity contribution < 1.29 is 28.0 Å². The minimum Gasteiger partial charge on any atom is -0.506 e. The highest BCUT2D eigenvalue weighted by molar-refractivity contribution is 7.13. The number of rotatable bonds is 4. The summed E-state index contributed by atoms with van der Waals surface area (Å²) in [6.07, 6.45) is -4.77. The van der Waals surface area contributed by atoms with Crippen LogP contribution in [0.3, 0.4) is 0 Å². The van der Waals surface area contributed by atoms with Gasteiger partial charge in [0.15, 0.2) is 17.0 Å². The number of hydrogen-bond acceptors (Lipinski definition) is 7. The van der Waals surface area contributed by atoms with Crippen LogP contribution >= 0.6 is 11.3 Å². The van der Waals surface area contributed by atoms with Crippen LogP contribution in [0.4, 0.5) is 24.5 Å². The first-order valence-electron chi connectivity index (χ1n) is 8.44. The van der Waals surface area contributed by atoms with Gasteiger partial charge in [0.05, 0.1) is 21.2 Å². The van der Waals surface area contributed by atoms with Crippen LogP contribution in [0.1, 0.15) is 16.2 Å². The number of alkyl halides is 3. The molecular weight excluding hydrogens is 439 g/mol. The van der Waals surface area contributed by atoms with E-state index in [0.29, 0.717) is 9.39 Å². The van der Waals surface area contributed by atoms with Gasteiger partial charge in [-0.25, -0.2) is 9.50 Å². The minimum absolute atomic E-state index is 0.0676.